The van der Waals surface area contributed by atoms with Crippen molar-refractivity contribution in [1.29, 1.82) is 0 Å². The van der Waals surface area contributed by atoms with E-state index >= 15 is 0 Å². The molecule has 1 nitrogen and oxygen atoms in total. The van der Waals surface area contributed by atoms with Crippen LogP contribution in [-0.4, -0.2) is 24.0 Å². The molecule has 78 valence electrons. The van der Waals surface area contributed by atoms with Gasteiger partial charge in [-0.3, -0.25) is 0 Å². The normalized spacial score (nSPS) is 27.9. The van der Waals surface area contributed by atoms with E-state index in [9.17, 15) is 0 Å². The maximum atomic E-state index is 2.64. The summed E-state index contributed by atoms with van der Waals surface area (Å²) in [6, 6.07) is 0.742. The van der Waals surface area contributed by atoms with Crippen LogP contribution in [0.2, 0.25) is 0 Å². The lowest BCUT2D eigenvalue weighted by molar-refractivity contribution is 0.111. The predicted octanol–water partition coefficient (Wildman–Crippen LogP) is 3.15. The molecule has 1 aliphatic heterocycles. The Bertz CT molecular complexity index is 142. The largest absolute Gasteiger partial charge is 0.301 e. The number of piperidine rings is 1. The molecular formula is C12H25N. The Morgan fingerprint density at radius 2 is 2.00 bits per heavy atom. The van der Waals surface area contributed by atoms with Crippen molar-refractivity contribution in [3.05, 3.63) is 0 Å². The highest BCUT2D eigenvalue weighted by Crippen LogP contribution is 2.26. The lowest BCUT2D eigenvalue weighted by Crippen LogP contribution is -2.41. The molecule has 1 saturated heterocycles. The minimum absolute atomic E-state index is 0.742. The summed E-state index contributed by atoms with van der Waals surface area (Å²) in [4.78, 5) is 2.64. The zero-order chi connectivity index (χ0) is 9.84. The van der Waals surface area contributed by atoms with Crippen molar-refractivity contribution in [3.63, 3.8) is 0 Å². The summed E-state index contributed by atoms with van der Waals surface area (Å²) in [5.41, 5.74) is 0. The fraction of sp³-hybridized carbons (Fsp3) is 1.00. The Balaban J connectivity index is 2.41. The molecule has 1 heterocycles. The van der Waals surface area contributed by atoms with E-state index in [2.05, 4.69) is 32.6 Å². The summed E-state index contributed by atoms with van der Waals surface area (Å²) in [5, 5.41) is 0. The topological polar surface area (TPSA) is 3.24 Å². The van der Waals surface area contributed by atoms with Gasteiger partial charge in [-0.2, -0.15) is 0 Å². The molecule has 13 heavy (non-hydrogen) atoms. The molecule has 2 unspecified atom stereocenters. The summed E-state index contributed by atoms with van der Waals surface area (Å²) < 4.78 is 0. The van der Waals surface area contributed by atoms with Gasteiger partial charge in [-0.25, -0.2) is 0 Å². The number of hydrogen-bond donors (Lipinski definition) is 0. The van der Waals surface area contributed by atoms with Gasteiger partial charge >= 0.3 is 0 Å². The van der Waals surface area contributed by atoms with Crippen LogP contribution < -0.4 is 0 Å². The molecule has 0 aromatic carbocycles. The molecule has 0 aromatic heterocycles. The van der Waals surface area contributed by atoms with Gasteiger partial charge in [-0.1, -0.05) is 20.3 Å². The van der Waals surface area contributed by atoms with Gasteiger partial charge in [0.05, 0.1) is 0 Å². The van der Waals surface area contributed by atoms with Gasteiger partial charge in [0.25, 0.3) is 0 Å². The smallest absolute Gasteiger partial charge is 0.00387 e. The van der Waals surface area contributed by atoms with Crippen molar-refractivity contribution in [1.82, 2.24) is 4.90 Å². The monoisotopic (exact) mass is 183 g/mol. The minimum atomic E-state index is 0.742. The van der Waals surface area contributed by atoms with Crippen LogP contribution in [0.4, 0.5) is 0 Å². The molecule has 0 N–H and O–H groups in total. The summed E-state index contributed by atoms with van der Waals surface area (Å²) in [6.45, 7) is 12.0. The molecule has 0 bridgehead atoms. The molecule has 1 rings (SSSR count). The summed E-state index contributed by atoms with van der Waals surface area (Å²) in [6.07, 6.45) is 4.21. The maximum Gasteiger partial charge on any atom is 0.00387 e. The van der Waals surface area contributed by atoms with E-state index in [1.165, 1.54) is 32.4 Å². The first-order valence-corrected chi connectivity index (χ1v) is 5.89. The fourth-order valence-corrected chi connectivity index (χ4v) is 2.31. The zero-order valence-corrected chi connectivity index (χ0v) is 9.71. The van der Waals surface area contributed by atoms with Crippen LogP contribution in [0, 0.1) is 11.8 Å². The molecule has 0 spiro atoms. The Morgan fingerprint density at radius 1 is 1.31 bits per heavy atom. The molecule has 2 atom stereocenters. The number of likely N-dealkylation sites (tertiary alicyclic amines) is 1. The van der Waals surface area contributed by atoms with E-state index in [-0.39, 0.29) is 0 Å². The van der Waals surface area contributed by atoms with Gasteiger partial charge in [0.1, 0.15) is 0 Å². The minimum Gasteiger partial charge on any atom is -0.301 e. The second kappa shape index (κ2) is 4.99. The molecule has 1 heteroatoms. The van der Waals surface area contributed by atoms with Crippen LogP contribution in [0.5, 0.6) is 0 Å². The summed E-state index contributed by atoms with van der Waals surface area (Å²) in [5.74, 6) is 1.88. The van der Waals surface area contributed by atoms with Crippen molar-refractivity contribution < 1.29 is 0 Å². The van der Waals surface area contributed by atoms with Crippen LogP contribution in [-0.2, 0) is 0 Å². The van der Waals surface area contributed by atoms with Gasteiger partial charge in [0, 0.05) is 12.6 Å². The first-order valence-electron chi connectivity index (χ1n) is 5.89. The summed E-state index contributed by atoms with van der Waals surface area (Å²) >= 11 is 0. The number of hydrogen-bond acceptors (Lipinski definition) is 1. The second-order valence-corrected chi connectivity index (χ2v) is 4.88. The lowest BCUT2D eigenvalue weighted by atomic mass is 9.85. The highest BCUT2D eigenvalue weighted by atomic mass is 15.2. The Hall–Kier alpha value is -0.0400. The Morgan fingerprint density at radius 3 is 2.54 bits per heavy atom. The van der Waals surface area contributed by atoms with Crippen molar-refractivity contribution >= 4 is 0 Å². The highest BCUT2D eigenvalue weighted by Gasteiger charge is 2.24. The Labute approximate surface area is 83.5 Å². The number of nitrogens with zero attached hydrogens (tertiary/aromatic N) is 1. The van der Waals surface area contributed by atoms with Crippen molar-refractivity contribution in [2.24, 2.45) is 11.8 Å². The average molecular weight is 183 g/mol. The van der Waals surface area contributed by atoms with Crippen LogP contribution in [0.1, 0.15) is 47.0 Å². The molecular weight excluding hydrogens is 158 g/mol. The molecule has 0 amide bonds. The van der Waals surface area contributed by atoms with Crippen molar-refractivity contribution in [2.45, 2.75) is 53.0 Å². The molecule has 1 fully saturated rings. The van der Waals surface area contributed by atoms with Crippen molar-refractivity contribution in [2.75, 3.05) is 13.1 Å². The van der Waals surface area contributed by atoms with Crippen molar-refractivity contribution in [3.8, 4) is 0 Å². The summed E-state index contributed by atoms with van der Waals surface area (Å²) in [7, 11) is 0. The zero-order valence-electron chi connectivity index (χ0n) is 9.71. The average Bonchev–Trinajstić information content (AvgIpc) is 2.17. The second-order valence-electron chi connectivity index (χ2n) is 4.88. The van der Waals surface area contributed by atoms with E-state index in [1.807, 2.05) is 0 Å². The number of rotatable bonds is 3. The van der Waals surface area contributed by atoms with Gasteiger partial charge in [0.2, 0.25) is 0 Å². The Kier molecular flexibility index (Phi) is 4.24. The predicted molar refractivity (Wildman–Crippen MR) is 58.9 cm³/mol. The molecule has 1 aliphatic rings. The fourth-order valence-electron chi connectivity index (χ4n) is 2.31. The van der Waals surface area contributed by atoms with E-state index in [0.29, 0.717) is 0 Å². The molecule has 0 aliphatic carbocycles. The van der Waals surface area contributed by atoms with Crippen LogP contribution in [0.25, 0.3) is 0 Å². The van der Waals surface area contributed by atoms with Crippen LogP contribution in [0.15, 0.2) is 0 Å². The van der Waals surface area contributed by atoms with Gasteiger partial charge in [0.15, 0.2) is 0 Å². The van der Waals surface area contributed by atoms with Crippen LogP contribution >= 0.6 is 0 Å². The van der Waals surface area contributed by atoms with E-state index in [4.69, 9.17) is 0 Å². The third-order valence-electron chi connectivity index (χ3n) is 3.67. The van der Waals surface area contributed by atoms with E-state index < -0.39 is 0 Å². The SMILES string of the molecule is CCC(C)C1CCCN(C(C)C)C1. The third-order valence-corrected chi connectivity index (χ3v) is 3.67. The standard InChI is InChI=1S/C12H25N/c1-5-11(4)12-7-6-8-13(9-12)10(2)3/h10-12H,5-9H2,1-4H3. The van der Waals surface area contributed by atoms with Crippen LogP contribution in [0.3, 0.4) is 0 Å². The maximum absolute atomic E-state index is 2.64. The van der Waals surface area contributed by atoms with E-state index in [1.54, 1.807) is 0 Å². The van der Waals surface area contributed by atoms with Gasteiger partial charge in [-0.05, 0) is 45.1 Å². The first kappa shape index (κ1) is 11.0. The lowest BCUT2D eigenvalue weighted by Gasteiger charge is -2.37. The highest BCUT2D eigenvalue weighted by molar-refractivity contribution is 4.77. The third kappa shape index (κ3) is 2.98. The van der Waals surface area contributed by atoms with Gasteiger partial charge < -0.3 is 4.90 Å². The quantitative estimate of drug-likeness (QED) is 0.649. The van der Waals surface area contributed by atoms with Gasteiger partial charge in [-0.15, -0.1) is 0 Å². The molecule has 0 aromatic rings. The first-order chi connectivity index (χ1) is 6.15. The molecule has 0 radical (unpaired) electrons. The molecule has 0 saturated carbocycles. The van der Waals surface area contributed by atoms with E-state index in [0.717, 1.165) is 17.9 Å².